The Morgan fingerprint density at radius 3 is 2.43 bits per heavy atom. The van der Waals surface area contributed by atoms with Gasteiger partial charge in [0, 0.05) is 0 Å². The summed E-state index contributed by atoms with van der Waals surface area (Å²) in [5.41, 5.74) is 1.62. The second-order valence-electron chi connectivity index (χ2n) is 5.23. The maximum absolute atomic E-state index is 2.48. The highest BCUT2D eigenvalue weighted by molar-refractivity contribution is 5.03. The topological polar surface area (TPSA) is 3.24 Å². The van der Waals surface area contributed by atoms with Crippen molar-refractivity contribution < 1.29 is 0 Å². The minimum atomic E-state index is 1.01. The van der Waals surface area contributed by atoms with Crippen molar-refractivity contribution in [3.63, 3.8) is 0 Å². The van der Waals surface area contributed by atoms with Crippen molar-refractivity contribution in [3.05, 3.63) is 11.6 Å². The van der Waals surface area contributed by atoms with E-state index in [4.69, 9.17) is 0 Å². The number of nitrogens with zero attached hydrogens (tertiary/aromatic N) is 1. The van der Waals surface area contributed by atoms with Crippen LogP contribution < -0.4 is 0 Å². The quantitative estimate of drug-likeness (QED) is 0.578. The third kappa shape index (κ3) is 2.38. The van der Waals surface area contributed by atoms with Crippen molar-refractivity contribution in [2.45, 2.75) is 39.0 Å². The lowest BCUT2D eigenvalue weighted by molar-refractivity contribution is 0.163. The van der Waals surface area contributed by atoms with Crippen LogP contribution in [0.1, 0.15) is 39.0 Å². The molecule has 0 bridgehead atoms. The molecule has 0 aromatic rings. The lowest BCUT2D eigenvalue weighted by atomic mass is 9.76. The third-order valence-electron chi connectivity index (χ3n) is 4.11. The average Bonchev–Trinajstić information content (AvgIpc) is 2.21. The molecule has 1 aliphatic heterocycles. The predicted molar refractivity (Wildman–Crippen MR) is 61.3 cm³/mol. The second kappa shape index (κ2) is 4.48. The van der Waals surface area contributed by atoms with Crippen LogP contribution in [0.3, 0.4) is 0 Å². The van der Waals surface area contributed by atoms with Gasteiger partial charge in [-0.2, -0.15) is 0 Å². The number of rotatable bonds is 1. The molecule has 80 valence electrons. The first-order valence-electron chi connectivity index (χ1n) is 6.10. The molecule has 1 heterocycles. The summed E-state index contributed by atoms with van der Waals surface area (Å²) < 4.78 is 0. The Kier molecular flexibility index (Phi) is 3.27. The fourth-order valence-corrected chi connectivity index (χ4v) is 2.91. The summed E-state index contributed by atoms with van der Waals surface area (Å²) >= 11 is 0. The molecule has 1 unspecified atom stereocenters. The molecule has 1 nitrogen and oxygen atoms in total. The van der Waals surface area contributed by atoms with Crippen LogP contribution in [-0.4, -0.2) is 25.0 Å². The van der Waals surface area contributed by atoms with Crippen molar-refractivity contribution in [1.82, 2.24) is 4.90 Å². The molecule has 0 N–H and O–H groups in total. The highest BCUT2D eigenvalue weighted by Crippen LogP contribution is 2.34. The first kappa shape index (κ1) is 10.2. The Morgan fingerprint density at radius 2 is 1.86 bits per heavy atom. The number of allylic oxidation sites excluding steroid dienone is 2. The van der Waals surface area contributed by atoms with E-state index in [0.29, 0.717) is 0 Å². The minimum Gasteiger partial charge on any atom is -0.306 e. The molecule has 0 aromatic carbocycles. The zero-order chi connectivity index (χ0) is 9.97. The normalized spacial score (nSPS) is 31.6. The molecule has 1 aliphatic carbocycles. The van der Waals surface area contributed by atoms with E-state index in [-0.39, 0.29) is 0 Å². The fraction of sp³-hybridized carbons (Fsp3) is 0.846. The largest absolute Gasteiger partial charge is 0.306 e. The molecule has 2 rings (SSSR count). The molecular weight excluding hydrogens is 170 g/mol. The summed E-state index contributed by atoms with van der Waals surface area (Å²) in [6.07, 6.45) is 9.53. The Morgan fingerprint density at radius 1 is 1.14 bits per heavy atom. The summed E-state index contributed by atoms with van der Waals surface area (Å²) in [7, 11) is 2.25. The Labute approximate surface area is 88.2 Å². The molecule has 0 amide bonds. The van der Waals surface area contributed by atoms with Gasteiger partial charge in [0.05, 0.1) is 0 Å². The highest BCUT2D eigenvalue weighted by atomic mass is 15.1. The maximum Gasteiger partial charge on any atom is -0.00190 e. The molecule has 14 heavy (non-hydrogen) atoms. The van der Waals surface area contributed by atoms with Crippen molar-refractivity contribution in [3.8, 4) is 0 Å². The number of likely N-dealkylation sites (tertiary alicyclic amines) is 1. The Hall–Kier alpha value is -0.300. The van der Waals surface area contributed by atoms with Crippen molar-refractivity contribution in [2.24, 2.45) is 11.8 Å². The van der Waals surface area contributed by atoms with E-state index >= 15 is 0 Å². The van der Waals surface area contributed by atoms with Gasteiger partial charge in [0.15, 0.2) is 0 Å². The molecule has 0 radical (unpaired) electrons. The van der Waals surface area contributed by atoms with Gasteiger partial charge in [-0.15, -0.1) is 0 Å². The van der Waals surface area contributed by atoms with Crippen LogP contribution in [0.25, 0.3) is 0 Å². The van der Waals surface area contributed by atoms with E-state index in [1.54, 1.807) is 5.57 Å². The van der Waals surface area contributed by atoms with E-state index in [1.165, 1.54) is 45.2 Å². The van der Waals surface area contributed by atoms with Crippen LogP contribution in [0.5, 0.6) is 0 Å². The van der Waals surface area contributed by atoms with Gasteiger partial charge in [0.25, 0.3) is 0 Å². The van der Waals surface area contributed by atoms with Crippen LogP contribution in [-0.2, 0) is 0 Å². The summed E-state index contributed by atoms with van der Waals surface area (Å²) in [4.78, 5) is 2.47. The summed E-state index contributed by atoms with van der Waals surface area (Å²) in [6.45, 7) is 4.93. The van der Waals surface area contributed by atoms with E-state index in [0.717, 1.165) is 11.8 Å². The van der Waals surface area contributed by atoms with Crippen LogP contribution in [0, 0.1) is 11.8 Å². The first-order valence-corrected chi connectivity index (χ1v) is 6.10. The van der Waals surface area contributed by atoms with Crippen molar-refractivity contribution in [1.29, 1.82) is 0 Å². The van der Waals surface area contributed by atoms with Crippen LogP contribution in [0.4, 0.5) is 0 Å². The molecule has 0 saturated carbocycles. The van der Waals surface area contributed by atoms with E-state index in [1.807, 2.05) is 0 Å². The summed E-state index contributed by atoms with van der Waals surface area (Å²) in [5.74, 6) is 2.03. The summed E-state index contributed by atoms with van der Waals surface area (Å²) in [6, 6.07) is 0. The smallest absolute Gasteiger partial charge is 0.00190 e. The maximum atomic E-state index is 2.48. The number of piperidine rings is 1. The van der Waals surface area contributed by atoms with E-state index < -0.39 is 0 Å². The highest BCUT2D eigenvalue weighted by Gasteiger charge is 2.25. The lowest BCUT2D eigenvalue weighted by Crippen LogP contribution is -2.33. The summed E-state index contributed by atoms with van der Waals surface area (Å²) in [5, 5.41) is 0. The standard InChI is InChI=1S/C13H23N/c1-11-3-5-12(6-4-11)13-7-9-14(2)10-8-13/h3,12-13H,4-10H2,1-2H3. The number of hydrogen-bond acceptors (Lipinski definition) is 1. The van der Waals surface area contributed by atoms with E-state index in [9.17, 15) is 0 Å². The fourth-order valence-electron chi connectivity index (χ4n) is 2.91. The molecule has 0 aromatic heterocycles. The van der Waals surface area contributed by atoms with Gasteiger partial charge in [-0.1, -0.05) is 11.6 Å². The molecule has 1 atom stereocenters. The Balaban J connectivity index is 1.84. The zero-order valence-corrected chi connectivity index (χ0v) is 9.63. The zero-order valence-electron chi connectivity index (χ0n) is 9.63. The van der Waals surface area contributed by atoms with Crippen LogP contribution in [0.15, 0.2) is 11.6 Å². The van der Waals surface area contributed by atoms with Crippen molar-refractivity contribution >= 4 is 0 Å². The van der Waals surface area contributed by atoms with Crippen LogP contribution in [0.2, 0.25) is 0 Å². The lowest BCUT2D eigenvalue weighted by Gasteiger charge is -2.35. The van der Waals surface area contributed by atoms with Gasteiger partial charge in [-0.3, -0.25) is 0 Å². The molecule has 1 fully saturated rings. The first-order chi connectivity index (χ1) is 6.75. The molecule has 0 spiro atoms. The number of hydrogen-bond donors (Lipinski definition) is 0. The van der Waals surface area contributed by atoms with Crippen molar-refractivity contribution in [2.75, 3.05) is 20.1 Å². The van der Waals surface area contributed by atoms with Gasteiger partial charge < -0.3 is 4.90 Å². The molecule has 2 aliphatic rings. The molecule has 1 saturated heterocycles. The SMILES string of the molecule is CC1=CCC(C2CCN(C)CC2)CC1. The Bertz CT molecular complexity index is 211. The average molecular weight is 193 g/mol. The van der Waals surface area contributed by atoms with Gasteiger partial charge in [-0.25, -0.2) is 0 Å². The molecule has 1 heteroatoms. The monoisotopic (exact) mass is 193 g/mol. The minimum absolute atomic E-state index is 1.01. The molecular formula is C13H23N. The predicted octanol–water partition coefficient (Wildman–Crippen LogP) is 3.07. The van der Waals surface area contributed by atoms with E-state index in [2.05, 4.69) is 24.9 Å². The van der Waals surface area contributed by atoms with Crippen LogP contribution >= 0.6 is 0 Å². The van der Waals surface area contributed by atoms with Gasteiger partial charge in [-0.05, 0) is 71.0 Å². The van der Waals surface area contributed by atoms with Gasteiger partial charge in [0.1, 0.15) is 0 Å². The van der Waals surface area contributed by atoms with Gasteiger partial charge in [0.2, 0.25) is 0 Å². The second-order valence-corrected chi connectivity index (χ2v) is 5.23. The third-order valence-corrected chi connectivity index (χ3v) is 4.11. The van der Waals surface area contributed by atoms with Gasteiger partial charge >= 0.3 is 0 Å².